The SMILES string of the molecule is Cc1cc(C(C)Cc2cc(C)on2)on1. The zero-order chi connectivity index (χ0) is 10.8. The summed E-state index contributed by atoms with van der Waals surface area (Å²) in [5, 5.41) is 7.82. The van der Waals surface area contributed by atoms with Gasteiger partial charge >= 0.3 is 0 Å². The predicted octanol–water partition coefficient (Wildman–Crippen LogP) is 2.63. The Bertz CT molecular complexity index is 445. The van der Waals surface area contributed by atoms with Crippen molar-refractivity contribution in [2.75, 3.05) is 0 Å². The van der Waals surface area contributed by atoms with Gasteiger partial charge in [-0.3, -0.25) is 0 Å². The van der Waals surface area contributed by atoms with E-state index in [2.05, 4.69) is 17.2 Å². The van der Waals surface area contributed by atoms with Crippen molar-refractivity contribution in [1.82, 2.24) is 10.3 Å². The monoisotopic (exact) mass is 206 g/mol. The normalized spacial score (nSPS) is 13.0. The second-order valence-corrected chi connectivity index (χ2v) is 3.90. The third-order valence-corrected chi connectivity index (χ3v) is 2.32. The average molecular weight is 206 g/mol. The summed E-state index contributed by atoms with van der Waals surface area (Å²) in [6, 6.07) is 3.90. The fourth-order valence-electron chi connectivity index (χ4n) is 1.54. The fraction of sp³-hybridized carbons (Fsp3) is 0.455. The molecule has 0 fully saturated rings. The zero-order valence-electron chi connectivity index (χ0n) is 9.15. The Balaban J connectivity index is 2.06. The van der Waals surface area contributed by atoms with Crippen molar-refractivity contribution in [1.29, 1.82) is 0 Å². The molecule has 4 heteroatoms. The summed E-state index contributed by atoms with van der Waals surface area (Å²) in [7, 11) is 0. The standard InChI is InChI=1S/C11H14N2O2/c1-7(11-5-8(2)12-15-11)4-10-6-9(3)14-13-10/h5-7H,4H2,1-3H3. The largest absolute Gasteiger partial charge is 0.361 e. The van der Waals surface area contributed by atoms with Crippen LogP contribution < -0.4 is 0 Å². The molecule has 0 aliphatic rings. The molecule has 0 N–H and O–H groups in total. The molecule has 0 saturated carbocycles. The summed E-state index contributed by atoms with van der Waals surface area (Å²) in [4.78, 5) is 0. The van der Waals surface area contributed by atoms with Gasteiger partial charge in [-0.25, -0.2) is 0 Å². The van der Waals surface area contributed by atoms with Crippen LogP contribution in [0.25, 0.3) is 0 Å². The average Bonchev–Trinajstić information content (AvgIpc) is 2.75. The van der Waals surface area contributed by atoms with Crippen LogP contribution in [-0.4, -0.2) is 10.3 Å². The second-order valence-electron chi connectivity index (χ2n) is 3.90. The lowest BCUT2D eigenvalue weighted by molar-refractivity contribution is 0.356. The minimum Gasteiger partial charge on any atom is -0.361 e. The van der Waals surface area contributed by atoms with Crippen molar-refractivity contribution in [2.45, 2.75) is 33.1 Å². The molecule has 0 bridgehead atoms. The van der Waals surface area contributed by atoms with Crippen molar-refractivity contribution in [3.63, 3.8) is 0 Å². The molecular formula is C11H14N2O2. The van der Waals surface area contributed by atoms with Gasteiger partial charge in [-0.05, 0) is 13.8 Å². The summed E-state index contributed by atoms with van der Waals surface area (Å²) >= 11 is 0. The van der Waals surface area contributed by atoms with Crippen LogP contribution >= 0.6 is 0 Å². The summed E-state index contributed by atoms with van der Waals surface area (Å²) in [5.74, 6) is 2.01. The summed E-state index contributed by atoms with van der Waals surface area (Å²) < 4.78 is 10.2. The number of hydrogen-bond acceptors (Lipinski definition) is 4. The molecule has 0 aliphatic heterocycles. The summed E-state index contributed by atoms with van der Waals surface area (Å²) in [6.45, 7) is 5.89. The smallest absolute Gasteiger partial charge is 0.140 e. The molecule has 80 valence electrons. The van der Waals surface area contributed by atoms with E-state index in [0.717, 1.165) is 29.3 Å². The Morgan fingerprint density at radius 2 is 2.00 bits per heavy atom. The van der Waals surface area contributed by atoms with E-state index >= 15 is 0 Å². The number of rotatable bonds is 3. The quantitative estimate of drug-likeness (QED) is 0.774. The van der Waals surface area contributed by atoms with E-state index in [0.29, 0.717) is 0 Å². The van der Waals surface area contributed by atoms with Gasteiger partial charge in [-0.2, -0.15) is 0 Å². The minimum atomic E-state index is 0.274. The molecule has 15 heavy (non-hydrogen) atoms. The fourth-order valence-corrected chi connectivity index (χ4v) is 1.54. The molecule has 0 aromatic carbocycles. The van der Waals surface area contributed by atoms with Crippen molar-refractivity contribution in [3.8, 4) is 0 Å². The van der Waals surface area contributed by atoms with Gasteiger partial charge in [0.25, 0.3) is 0 Å². The van der Waals surface area contributed by atoms with Gasteiger partial charge in [-0.1, -0.05) is 17.2 Å². The van der Waals surface area contributed by atoms with E-state index in [1.165, 1.54) is 0 Å². The minimum absolute atomic E-state index is 0.274. The van der Waals surface area contributed by atoms with Gasteiger partial charge in [0.05, 0.1) is 11.4 Å². The summed E-state index contributed by atoms with van der Waals surface area (Å²) in [6.07, 6.45) is 0.811. The molecule has 0 aliphatic carbocycles. The second kappa shape index (κ2) is 3.88. The first-order chi connectivity index (χ1) is 7.15. The van der Waals surface area contributed by atoms with E-state index < -0.39 is 0 Å². The first-order valence-corrected chi connectivity index (χ1v) is 5.00. The van der Waals surface area contributed by atoms with Crippen LogP contribution in [0.4, 0.5) is 0 Å². The van der Waals surface area contributed by atoms with Crippen LogP contribution in [0.15, 0.2) is 21.2 Å². The highest BCUT2D eigenvalue weighted by atomic mass is 16.5. The van der Waals surface area contributed by atoms with Gasteiger partial charge in [0, 0.05) is 24.5 Å². The maximum Gasteiger partial charge on any atom is 0.140 e. The molecule has 2 rings (SSSR count). The van der Waals surface area contributed by atoms with Crippen LogP contribution in [0.5, 0.6) is 0 Å². The van der Waals surface area contributed by atoms with E-state index in [1.807, 2.05) is 26.0 Å². The highest BCUT2D eigenvalue weighted by Crippen LogP contribution is 2.20. The Hall–Kier alpha value is -1.58. The van der Waals surface area contributed by atoms with Crippen molar-refractivity contribution in [3.05, 3.63) is 35.0 Å². The van der Waals surface area contributed by atoms with Crippen LogP contribution in [0.3, 0.4) is 0 Å². The predicted molar refractivity (Wildman–Crippen MR) is 54.6 cm³/mol. The topological polar surface area (TPSA) is 52.1 Å². The Kier molecular flexibility index (Phi) is 2.58. The maximum absolute atomic E-state index is 5.20. The molecule has 4 nitrogen and oxygen atoms in total. The molecular weight excluding hydrogens is 192 g/mol. The van der Waals surface area contributed by atoms with Crippen molar-refractivity contribution in [2.24, 2.45) is 0 Å². The Labute approximate surface area is 88.2 Å². The Morgan fingerprint density at radius 3 is 2.53 bits per heavy atom. The molecule has 0 saturated heterocycles. The molecule has 1 unspecified atom stereocenters. The van der Waals surface area contributed by atoms with Gasteiger partial charge in [0.1, 0.15) is 11.5 Å². The van der Waals surface area contributed by atoms with E-state index in [9.17, 15) is 0 Å². The summed E-state index contributed by atoms with van der Waals surface area (Å²) in [5.41, 5.74) is 1.86. The third-order valence-electron chi connectivity index (χ3n) is 2.32. The molecule has 1 atom stereocenters. The lowest BCUT2D eigenvalue weighted by Crippen LogP contribution is -1.96. The van der Waals surface area contributed by atoms with Gasteiger partial charge in [0.15, 0.2) is 0 Å². The van der Waals surface area contributed by atoms with Crippen molar-refractivity contribution < 1.29 is 9.05 Å². The highest BCUT2D eigenvalue weighted by molar-refractivity contribution is 5.12. The molecule has 0 radical (unpaired) electrons. The molecule has 2 heterocycles. The lowest BCUT2D eigenvalue weighted by Gasteiger charge is -2.02. The van der Waals surface area contributed by atoms with Crippen LogP contribution in [0, 0.1) is 13.8 Å². The molecule has 0 amide bonds. The number of hydrogen-bond donors (Lipinski definition) is 0. The van der Waals surface area contributed by atoms with Crippen LogP contribution in [-0.2, 0) is 6.42 Å². The first-order valence-electron chi connectivity index (χ1n) is 5.00. The molecule has 2 aromatic rings. The third kappa shape index (κ3) is 2.26. The number of nitrogens with zero attached hydrogens (tertiary/aromatic N) is 2. The zero-order valence-corrected chi connectivity index (χ0v) is 9.15. The van der Waals surface area contributed by atoms with E-state index in [-0.39, 0.29) is 5.92 Å². The first kappa shape index (κ1) is 9.96. The highest BCUT2D eigenvalue weighted by Gasteiger charge is 2.13. The van der Waals surface area contributed by atoms with E-state index in [1.54, 1.807) is 0 Å². The molecule has 0 spiro atoms. The van der Waals surface area contributed by atoms with E-state index in [4.69, 9.17) is 9.05 Å². The van der Waals surface area contributed by atoms with Crippen molar-refractivity contribution >= 4 is 0 Å². The van der Waals surface area contributed by atoms with Crippen LogP contribution in [0.2, 0.25) is 0 Å². The number of aryl methyl sites for hydroxylation is 2. The Morgan fingerprint density at radius 1 is 1.20 bits per heavy atom. The van der Waals surface area contributed by atoms with Gasteiger partial charge in [0.2, 0.25) is 0 Å². The van der Waals surface area contributed by atoms with Crippen LogP contribution in [0.1, 0.15) is 35.7 Å². The number of aromatic nitrogens is 2. The molecule has 2 aromatic heterocycles. The lowest BCUT2D eigenvalue weighted by atomic mass is 10.0. The van der Waals surface area contributed by atoms with Gasteiger partial charge in [-0.15, -0.1) is 0 Å². The van der Waals surface area contributed by atoms with Gasteiger partial charge < -0.3 is 9.05 Å². The maximum atomic E-state index is 5.20.